The number of carbonyl (C=O) groups excluding carboxylic acids is 2. The SMILES string of the molecule is CCN(Cc1ccccc1)C(=O)CCN(C(C)=O)c1cccc(C)c1C. The van der Waals surface area contributed by atoms with E-state index >= 15 is 0 Å². The maximum Gasteiger partial charge on any atom is 0.224 e. The minimum Gasteiger partial charge on any atom is -0.339 e. The molecule has 0 unspecified atom stereocenters. The van der Waals surface area contributed by atoms with Gasteiger partial charge >= 0.3 is 0 Å². The number of rotatable bonds is 7. The normalized spacial score (nSPS) is 10.5. The molecule has 26 heavy (non-hydrogen) atoms. The van der Waals surface area contributed by atoms with E-state index in [0.717, 1.165) is 22.4 Å². The van der Waals surface area contributed by atoms with E-state index in [0.29, 0.717) is 26.1 Å². The molecule has 2 aromatic rings. The van der Waals surface area contributed by atoms with Gasteiger partial charge in [-0.25, -0.2) is 0 Å². The molecule has 0 aliphatic heterocycles. The molecular formula is C22H28N2O2. The Morgan fingerprint density at radius 2 is 1.65 bits per heavy atom. The minimum atomic E-state index is -0.0439. The molecular weight excluding hydrogens is 324 g/mol. The third-order valence-corrected chi connectivity index (χ3v) is 4.75. The van der Waals surface area contributed by atoms with Gasteiger partial charge in [0.05, 0.1) is 0 Å². The lowest BCUT2D eigenvalue weighted by molar-refractivity contribution is -0.131. The van der Waals surface area contributed by atoms with Crippen LogP contribution in [-0.2, 0) is 16.1 Å². The van der Waals surface area contributed by atoms with Gasteiger partial charge in [-0.2, -0.15) is 0 Å². The maximum absolute atomic E-state index is 12.7. The van der Waals surface area contributed by atoms with E-state index in [1.807, 2.05) is 74.2 Å². The Bertz CT molecular complexity index is 756. The fraction of sp³-hybridized carbons (Fsp3) is 0.364. The standard InChI is InChI=1S/C22H28N2O2/c1-5-23(16-20-11-7-6-8-12-20)22(26)14-15-24(19(4)25)21-13-9-10-17(2)18(21)3/h6-13H,5,14-16H2,1-4H3. The summed E-state index contributed by atoms with van der Waals surface area (Å²) < 4.78 is 0. The molecule has 4 heteroatoms. The summed E-state index contributed by atoms with van der Waals surface area (Å²) in [4.78, 5) is 28.4. The van der Waals surface area contributed by atoms with Crippen molar-refractivity contribution in [3.63, 3.8) is 0 Å². The maximum atomic E-state index is 12.7. The summed E-state index contributed by atoms with van der Waals surface area (Å²) in [7, 11) is 0. The van der Waals surface area contributed by atoms with Gasteiger partial charge in [-0.15, -0.1) is 0 Å². The van der Waals surface area contributed by atoms with Crippen molar-refractivity contribution in [2.24, 2.45) is 0 Å². The van der Waals surface area contributed by atoms with Crippen LogP contribution in [0.1, 0.15) is 37.0 Å². The van der Waals surface area contributed by atoms with E-state index < -0.39 is 0 Å². The Morgan fingerprint density at radius 3 is 2.27 bits per heavy atom. The van der Waals surface area contributed by atoms with E-state index in [1.165, 1.54) is 0 Å². The molecule has 0 aliphatic rings. The highest BCUT2D eigenvalue weighted by molar-refractivity contribution is 5.93. The monoisotopic (exact) mass is 352 g/mol. The van der Waals surface area contributed by atoms with Crippen molar-refractivity contribution in [1.29, 1.82) is 0 Å². The zero-order chi connectivity index (χ0) is 19.1. The summed E-state index contributed by atoms with van der Waals surface area (Å²) in [5.74, 6) is 0.0190. The summed E-state index contributed by atoms with van der Waals surface area (Å²) in [6.45, 7) is 9.21. The van der Waals surface area contributed by atoms with E-state index in [4.69, 9.17) is 0 Å². The van der Waals surface area contributed by atoms with Crippen LogP contribution in [0.2, 0.25) is 0 Å². The minimum absolute atomic E-state index is 0.0439. The highest BCUT2D eigenvalue weighted by atomic mass is 16.2. The molecule has 2 amide bonds. The topological polar surface area (TPSA) is 40.6 Å². The van der Waals surface area contributed by atoms with Crippen molar-refractivity contribution >= 4 is 17.5 Å². The highest BCUT2D eigenvalue weighted by Crippen LogP contribution is 2.23. The summed E-state index contributed by atoms with van der Waals surface area (Å²) in [6.07, 6.45) is 0.313. The van der Waals surface area contributed by atoms with Crippen LogP contribution in [0.15, 0.2) is 48.5 Å². The number of hydrogen-bond donors (Lipinski definition) is 0. The van der Waals surface area contributed by atoms with Crippen LogP contribution >= 0.6 is 0 Å². The van der Waals surface area contributed by atoms with E-state index in [1.54, 1.807) is 11.8 Å². The molecule has 0 radical (unpaired) electrons. The van der Waals surface area contributed by atoms with Gasteiger partial charge in [0.2, 0.25) is 11.8 Å². The second-order valence-corrected chi connectivity index (χ2v) is 6.53. The number of anilines is 1. The zero-order valence-corrected chi connectivity index (χ0v) is 16.2. The fourth-order valence-corrected chi connectivity index (χ4v) is 3.02. The lowest BCUT2D eigenvalue weighted by Gasteiger charge is -2.26. The Morgan fingerprint density at radius 1 is 0.962 bits per heavy atom. The first-order valence-electron chi connectivity index (χ1n) is 9.10. The third-order valence-electron chi connectivity index (χ3n) is 4.75. The first-order chi connectivity index (χ1) is 12.4. The quantitative estimate of drug-likeness (QED) is 0.753. The van der Waals surface area contributed by atoms with Gasteiger partial charge < -0.3 is 9.80 Å². The van der Waals surface area contributed by atoms with Crippen LogP contribution in [0.25, 0.3) is 0 Å². The van der Waals surface area contributed by atoms with Crippen molar-refractivity contribution in [3.8, 4) is 0 Å². The molecule has 0 saturated heterocycles. The van der Waals surface area contributed by atoms with Crippen LogP contribution in [-0.4, -0.2) is 29.8 Å². The molecule has 0 aliphatic carbocycles. The first-order valence-corrected chi connectivity index (χ1v) is 9.10. The van der Waals surface area contributed by atoms with Gasteiger partial charge in [-0.05, 0) is 43.5 Å². The Balaban J connectivity index is 2.06. The highest BCUT2D eigenvalue weighted by Gasteiger charge is 2.18. The molecule has 0 heterocycles. The number of benzene rings is 2. The van der Waals surface area contributed by atoms with Gasteiger partial charge in [0.15, 0.2) is 0 Å². The van der Waals surface area contributed by atoms with E-state index in [9.17, 15) is 9.59 Å². The van der Waals surface area contributed by atoms with Gasteiger partial charge in [0, 0.05) is 38.7 Å². The van der Waals surface area contributed by atoms with Crippen molar-refractivity contribution in [3.05, 3.63) is 65.2 Å². The van der Waals surface area contributed by atoms with Gasteiger partial charge in [0.1, 0.15) is 0 Å². The van der Waals surface area contributed by atoms with E-state index in [2.05, 4.69) is 0 Å². The smallest absolute Gasteiger partial charge is 0.224 e. The molecule has 0 N–H and O–H groups in total. The molecule has 2 aromatic carbocycles. The van der Waals surface area contributed by atoms with Crippen molar-refractivity contribution < 1.29 is 9.59 Å². The van der Waals surface area contributed by atoms with Crippen LogP contribution in [0.5, 0.6) is 0 Å². The van der Waals surface area contributed by atoms with Crippen molar-refractivity contribution in [2.75, 3.05) is 18.0 Å². The molecule has 2 rings (SSSR count). The molecule has 138 valence electrons. The number of amides is 2. The first kappa shape index (κ1) is 19.7. The second-order valence-electron chi connectivity index (χ2n) is 6.53. The largest absolute Gasteiger partial charge is 0.339 e. The Hall–Kier alpha value is -2.62. The second kappa shape index (κ2) is 9.18. The summed E-state index contributed by atoms with van der Waals surface area (Å²) in [6, 6.07) is 15.9. The van der Waals surface area contributed by atoms with Crippen LogP contribution in [0.4, 0.5) is 5.69 Å². The molecule has 0 spiro atoms. The summed E-state index contributed by atoms with van der Waals surface area (Å²) in [5.41, 5.74) is 4.21. The molecule has 0 fully saturated rings. The summed E-state index contributed by atoms with van der Waals surface area (Å²) >= 11 is 0. The fourth-order valence-electron chi connectivity index (χ4n) is 3.02. The Labute approximate surface area is 156 Å². The molecule has 0 saturated carbocycles. The van der Waals surface area contributed by atoms with Gasteiger partial charge in [-0.3, -0.25) is 9.59 Å². The lowest BCUT2D eigenvalue weighted by atomic mass is 10.1. The summed E-state index contributed by atoms with van der Waals surface area (Å²) in [5, 5.41) is 0. The number of hydrogen-bond acceptors (Lipinski definition) is 2. The van der Waals surface area contributed by atoms with Crippen LogP contribution in [0.3, 0.4) is 0 Å². The van der Waals surface area contributed by atoms with Gasteiger partial charge in [-0.1, -0.05) is 42.5 Å². The lowest BCUT2D eigenvalue weighted by Crippen LogP contribution is -2.36. The molecule has 0 bridgehead atoms. The molecule has 0 aromatic heterocycles. The Kier molecular flexibility index (Phi) is 6.96. The predicted molar refractivity (Wildman–Crippen MR) is 106 cm³/mol. The van der Waals surface area contributed by atoms with Crippen molar-refractivity contribution in [1.82, 2.24) is 4.90 Å². The van der Waals surface area contributed by atoms with Crippen LogP contribution < -0.4 is 4.90 Å². The third kappa shape index (κ3) is 4.94. The van der Waals surface area contributed by atoms with E-state index in [-0.39, 0.29) is 11.8 Å². The van der Waals surface area contributed by atoms with Gasteiger partial charge in [0.25, 0.3) is 0 Å². The number of carbonyl (C=O) groups is 2. The average Bonchev–Trinajstić information content (AvgIpc) is 2.63. The van der Waals surface area contributed by atoms with Crippen molar-refractivity contribution in [2.45, 2.75) is 40.7 Å². The molecule has 0 atom stereocenters. The number of aryl methyl sites for hydroxylation is 1. The van der Waals surface area contributed by atoms with Crippen LogP contribution in [0, 0.1) is 13.8 Å². The zero-order valence-electron chi connectivity index (χ0n) is 16.2. The number of nitrogens with zero attached hydrogens (tertiary/aromatic N) is 2. The average molecular weight is 352 g/mol. The predicted octanol–water partition coefficient (Wildman–Crippen LogP) is 4.10. The molecule has 4 nitrogen and oxygen atoms in total.